The number of pyridine rings is 1. The fraction of sp³-hybridized carbons (Fsp3) is 0.200. The average Bonchev–Trinajstić information content (AvgIpc) is 3.29. The highest BCUT2D eigenvalue weighted by Gasteiger charge is 2.17. The van der Waals surface area contributed by atoms with Crippen LogP contribution in [0.3, 0.4) is 0 Å². The molecule has 0 spiro atoms. The highest BCUT2D eigenvalue weighted by Crippen LogP contribution is 2.26. The Hall–Kier alpha value is -3.06. The zero-order valence-electron chi connectivity index (χ0n) is 15.3. The van der Waals surface area contributed by atoms with Crippen molar-refractivity contribution in [3.05, 3.63) is 59.2 Å². The van der Waals surface area contributed by atoms with Crippen molar-refractivity contribution in [1.82, 2.24) is 19.7 Å². The van der Waals surface area contributed by atoms with E-state index < -0.39 is 0 Å². The van der Waals surface area contributed by atoms with E-state index in [9.17, 15) is 4.79 Å². The first kappa shape index (κ1) is 17.4. The normalized spacial score (nSPS) is 11.3. The molecule has 0 saturated heterocycles. The average molecular weight is 377 g/mol. The number of hydrogen-bond donors (Lipinski definition) is 1. The van der Waals surface area contributed by atoms with E-state index in [1.807, 2.05) is 48.8 Å². The summed E-state index contributed by atoms with van der Waals surface area (Å²) in [5, 5.41) is 10.5. The van der Waals surface area contributed by atoms with Crippen LogP contribution in [0.4, 0.5) is 5.13 Å². The van der Waals surface area contributed by atoms with Gasteiger partial charge >= 0.3 is 0 Å². The summed E-state index contributed by atoms with van der Waals surface area (Å²) in [4.78, 5) is 22.2. The van der Waals surface area contributed by atoms with Crippen LogP contribution in [0.25, 0.3) is 22.3 Å². The molecule has 0 bridgehead atoms. The van der Waals surface area contributed by atoms with Gasteiger partial charge in [0, 0.05) is 24.0 Å². The number of nitrogens with zero attached hydrogens (tertiary/aromatic N) is 4. The molecule has 1 N–H and O–H groups in total. The van der Waals surface area contributed by atoms with Crippen LogP contribution < -0.4 is 5.32 Å². The predicted octanol–water partition coefficient (Wildman–Crippen LogP) is 4.47. The maximum atomic E-state index is 13.0. The first-order valence-corrected chi connectivity index (χ1v) is 9.56. The van der Waals surface area contributed by atoms with E-state index in [0.717, 1.165) is 22.3 Å². The molecule has 0 fully saturated rings. The lowest BCUT2D eigenvalue weighted by molar-refractivity contribution is 0.102. The SMILES string of the molecule is CC(C)c1csc(NC(=O)c2cc(-c3ccnn3C)nc3ccccc23)n1. The Morgan fingerprint density at radius 2 is 2.00 bits per heavy atom. The van der Waals surface area contributed by atoms with Crippen molar-refractivity contribution >= 4 is 33.3 Å². The Labute approximate surface area is 160 Å². The minimum atomic E-state index is -0.193. The van der Waals surface area contributed by atoms with Gasteiger partial charge in [0.1, 0.15) is 0 Å². The molecule has 6 nitrogen and oxygen atoms in total. The number of aryl methyl sites for hydroxylation is 1. The molecule has 0 aliphatic heterocycles. The summed E-state index contributed by atoms with van der Waals surface area (Å²) in [6.45, 7) is 4.16. The van der Waals surface area contributed by atoms with Gasteiger partial charge in [0.25, 0.3) is 5.91 Å². The molecule has 3 aromatic heterocycles. The van der Waals surface area contributed by atoms with Crippen LogP contribution in [-0.2, 0) is 7.05 Å². The van der Waals surface area contributed by atoms with Gasteiger partial charge in [0.15, 0.2) is 5.13 Å². The summed E-state index contributed by atoms with van der Waals surface area (Å²) in [6, 6.07) is 11.3. The number of nitrogens with one attached hydrogen (secondary N) is 1. The number of rotatable bonds is 4. The van der Waals surface area contributed by atoms with Crippen molar-refractivity contribution in [3.63, 3.8) is 0 Å². The summed E-state index contributed by atoms with van der Waals surface area (Å²) in [5.74, 6) is 0.131. The number of hydrogen-bond acceptors (Lipinski definition) is 5. The van der Waals surface area contributed by atoms with Crippen LogP contribution in [0, 0.1) is 0 Å². The summed E-state index contributed by atoms with van der Waals surface area (Å²) in [7, 11) is 1.86. The number of thiazole rings is 1. The highest BCUT2D eigenvalue weighted by atomic mass is 32.1. The number of aromatic nitrogens is 4. The number of carbonyl (C=O) groups is 1. The van der Waals surface area contributed by atoms with Gasteiger partial charge in [-0.3, -0.25) is 14.8 Å². The van der Waals surface area contributed by atoms with E-state index in [1.165, 1.54) is 11.3 Å². The van der Waals surface area contributed by atoms with Crippen molar-refractivity contribution in [2.45, 2.75) is 19.8 Å². The molecule has 0 unspecified atom stereocenters. The molecule has 0 radical (unpaired) electrons. The zero-order chi connectivity index (χ0) is 19.0. The molecule has 27 heavy (non-hydrogen) atoms. The van der Waals surface area contributed by atoms with Crippen molar-refractivity contribution in [2.75, 3.05) is 5.32 Å². The fourth-order valence-corrected chi connectivity index (χ4v) is 3.76. The van der Waals surface area contributed by atoms with Gasteiger partial charge in [-0.2, -0.15) is 5.10 Å². The Morgan fingerprint density at radius 3 is 2.70 bits per heavy atom. The van der Waals surface area contributed by atoms with E-state index >= 15 is 0 Å². The van der Waals surface area contributed by atoms with E-state index in [-0.39, 0.29) is 5.91 Å². The minimum Gasteiger partial charge on any atom is -0.298 e. The van der Waals surface area contributed by atoms with E-state index in [1.54, 1.807) is 10.9 Å². The van der Waals surface area contributed by atoms with Crippen molar-refractivity contribution in [2.24, 2.45) is 7.05 Å². The van der Waals surface area contributed by atoms with Crippen LogP contribution >= 0.6 is 11.3 Å². The summed E-state index contributed by atoms with van der Waals surface area (Å²) in [5.41, 5.74) is 3.87. The number of amides is 1. The van der Waals surface area contributed by atoms with Gasteiger partial charge in [-0.1, -0.05) is 32.0 Å². The molecule has 4 aromatic rings. The highest BCUT2D eigenvalue weighted by molar-refractivity contribution is 7.14. The Morgan fingerprint density at radius 1 is 1.19 bits per heavy atom. The molecule has 0 atom stereocenters. The number of para-hydroxylation sites is 1. The predicted molar refractivity (Wildman–Crippen MR) is 108 cm³/mol. The lowest BCUT2D eigenvalue weighted by Gasteiger charge is -2.09. The molecule has 1 aromatic carbocycles. The van der Waals surface area contributed by atoms with Gasteiger partial charge in [0.05, 0.1) is 28.2 Å². The minimum absolute atomic E-state index is 0.193. The number of fused-ring (bicyclic) bond motifs is 1. The van der Waals surface area contributed by atoms with E-state index in [0.29, 0.717) is 22.3 Å². The third kappa shape index (κ3) is 3.33. The van der Waals surface area contributed by atoms with E-state index in [2.05, 4.69) is 29.2 Å². The molecule has 3 heterocycles. The monoisotopic (exact) mass is 377 g/mol. The van der Waals surface area contributed by atoms with Crippen molar-refractivity contribution in [1.29, 1.82) is 0 Å². The second kappa shape index (κ2) is 6.92. The van der Waals surface area contributed by atoms with Crippen LogP contribution in [-0.4, -0.2) is 25.7 Å². The molecule has 4 rings (SSSR count). The topological polar surface area (TPSA) is 72.7 Å². The smallest absolute Gasteiger partial charge is 0.258 e. The lowest BCUT2D eigenvalue weighted by Crippen LogP contribution is -2.13. The van der Waals surface area contributed by atoms with Crippen molar-refractivity contribution in [3.8, 4) is 11.4 Å². The Bertz CT molecular complexity index is 1130. The standard InChI is InChI=1S/C20H19N5OS/c1-12(2)17-11-27-20(23-17)24-19(26)14-10-16(18-8-9-21-25(18)3)22-15-7-5-4-6-13(14)15/h4-12H,1-3H3,(H,23,24,26). The van der Waals surface area contributed by atoms with Gasteiger partial charge in [-0.15, -0.1) is 11.3 Å². The molecule has 7 heteroatoms. The molecular formula is C20H19N5OS. The summed E-state index contributed by atoms with van der Waals surface area (Å²) in [6.07, 6.45) is 1.72. The Balaban J connectivity index is 1.77. The van der Waals surface area contributed by atoms with Crippen molar-refractivity contribution < 1.29 is 4.79 Å². The van der Waals surface area contributed by atoms with Gasteiger partial charge in [-0.05, 0) is 24.1 Å². The lowest BCUT2D eigenvalue weighted by atomic mass is 10.1. The number of anilines is 1. The largest absolute Gasteiger partial charge is 0.298 e. The van der Waals surface area contributed by atoms with Crippen LogP contribution in [0.5, 0.6) is 0 Å². The second-order valence-electron chi connectivity index (χ2n) is 6.60. The summed E-state index contributed by atoms with van der Waals surface area (Å²) >= 11 is 1.44. The van der Waals surface area contributed by atoms with Gasteiger partial charge < -0.3 is 0 Å². The fourth-order valence-electron chi connectivity index (χ4n) is 2.89. The zero-order valence-corrected chi connectivity index (χ0v) is 16.1. The first-order chi connectivity index (χ1) is 13.0. The molecule has 0 saturated carbocycles. The van der Waals surface area contributed by atoms with E-state index in [4.69, 9.17) is 4.98 Å². The van der Waals surface area contributed by atoms with Crippen LogP contribution in [0.2, 0.25) is 0 Å². The first-order valence-electron chi connectivity index (χ1n) is 8.68. The third-order valence-electron chi connectivity index (χ3n) is 4.38. The molecule has 136 valence electrons. The number of benzene rings is 1. The van der Waals surface area contributed by atoms with Gasteiger partial charge in [-0.25, -0.2) is 9.97 Å². The quantitative estimate of drug-likeness (QED) is 0.570. The molecular weight excluding hydrogens is 358 g/mol. The maximum absolute atomic E-state index is 13.0. The Kier molecular flexibility index (Phi) is 4.45. The third-order valence-corrected chi connectivity index (χ3v) is 5.15. The molecule has 0 aliphatic rings. The molecule has 1 amide bonds. The van der Waals surface area contributed by atoms with Crippen LogP contribution in [0.1, 0.15) is 35.8 Å². The molecule has 0 aliphatic carbocycles. The second-order valence-corrected chi connectivity index (χ2v) is 7.46. The summed E-state index contributed by atoms with van der Waals surface area (Å²) < 4.78 is 1.74. The van der Waals surface area contributed by atoms with Crippen LogP contribution in [0.15, 0.2) is 48.0 Å². The number of carbonyl (C=O) groups excluding carboxylic acids is 1. The maximum Gasteiger partial charge on any atom is 0.258 e. The van der Waals surface area contributed by atoms with Gasteiger partial charge in [0.2, 0.25) is 0 Å².